The van der Waals surface area contributed by atoms with Gasteiger partial charge in [0.2, 0.25) is 0 Å². The van der Waals surface area contributed by atoms with E-state index in [0.717, 1.165) is 39.8 Å². The monoisotopic (exact) mass is 403 g/mol. The molecule has 0 bridgehead atoms. The van der Waals surface area contributed by atoms with Crippen LogP contribution < -0.4 is 10.9 Å². The molecule has 1 N–H and O–H groups in total. The SMILES string of the molecule is Cc1cc2c(cn1)cc(-c1cc(Nc3noc(C4CCO4)n3)ccc1C)c(=O)n2C. The van der Waals surface area contributed by atoms with E-state index >= 15 is 0 Å². The molecule has 0 aliphatic carbocycles. The van der Waals surface area contributed by atoms with Crippen LogP contribution in [-0.4, -0.2) is 26.3 Å². The fraction of sp³-hybridized carbons (Fsp3) is 0.273. The van der Waals surface area contributed by atoms with Gasteiger partial charge < -0.3 is 19.1 Å². The van der Waals surface area contributed by atoms with Crippen LogP contribution >= 0.6 is 0 Å². The summed E-state index contributed by atoms with van der Waals surface area (Å²) in [6, 6.07) is 9.63. The van der Waals surface area contributed by atoms with Crippen LogP contribution in [-0.2, 0) is 11.8 Å². The van der Waals surface area contributed by atoms with Crippen molar-refractivity contribution in [3.05, 3.63) is 64.0 Å². The number of fused-ring (bicyclic) bond motifs is 1. The standard InChI is InChI=1S/C22H21N5O3/c1-12-4-5-15(24-22-25-20(30-26-22)19-6-7-29-19)10-16(12)17-9-14-11-23-13(2)8-18(14)27(3)21(17)28/h4-5,8-11,19H,6-7H2,1-3H3,(H,24,26). The minimum Gasteiger partial charge on any atom is -0.368 e. The number of hydrogen-bond donors (Lipinski definition) is 1. The summed E-state index contributed by atoms with van der Waals surface area (Å²) in [6.45, 7) is 4.61. The lowest BCUT2D eigenvalue weighted by molar-refractivity contribution is -0.0700. The van der Waals surface area contributed by atoms with Gasteiger partial charge in [-0.2, -0.15) is 4.98 Å². The molecule has 0 saturated carbocycles. The summed E-state index contributed by atoms with van der Waals surface area (Å²) in [5.41, 5.74) is 4.90. The molecule has 5 rings (SSSR count). The highest BCUT2D eigenvalue weighted by Gasteiger charge is 2.26. The molecule has 4 aromatic rings. The van der Waals surface area contributed by atoms with Gasteiger partial charge in [0.05, 0.1) is 12.1 Å². The fourth-order valence-electron chi connectivity index (χ4n) is 3.62. The normalized spacial score (nSPS) is 15.9. The summed E-state index contributed by atoms with van der Waals surface area (Å²) < 4.78 is 12.3. The Balaban J connectivity index is 1.53. The number of aromatic nitrogens is 4. The van der Waals surface area contributed by atoms with Crippen molar-refractivity contribution in [2.24, 2.45) is 7.05 Å². The molecule has 1 atom stereocenters. The van der Waals surface area contributed by atoms with E-state index in [-0.39, 0.29) is 11.7 Å². The van der Waals surface area contributed by atoms with Crippen molar-refractivity contribution in [3.63, 3.8) is 0 Å². The highest BCUT2D eigenvalue weighted by Crippen LogP contribution is 2.30. The van der Waals surface area contributed by atoms with Crippen LogP contribution in [0, 0.1) is 13.8 Å². The highest BCUT2D eigenvalue weighted by atomic mass is 16.5. The smallest absolute Gasteiger partial charge is 0.267 e. The van der Waals surface area contributed by atoms with Crippen LogP contribution in [0.4, 0.5) is 11.6 Å². The number of nitrogens with one attached hydrogen (secondary N) is 1. The molecule has 8 nitrogen and oxygen atoms in total. The molecule has 1 saturated heterocycles. The van der Waals surface area contributed by atoms with Crippen LogP contribution in [0.2, 0.25) is 0 Å². The third kappa shape index (κ3) is 3.15. The Labute approximate surface area is 172 Å². The molecule has 1 fully saturated rings. The fourth-order valence-corrected chi connectivity index (χ4v) is 3.62. The van der Waals surface area contributed by atoms with Crippen molar-refractivity contribution < 1.29 is 9.26 Å². The number of pyridine rings is 2. The van der Waals surface area contributed by atoms with Crippen LogP contribution in [0.3, 0.4) is 0 Å². The zero-order valence-corrected chi connectivity index (χ0v) is 17.0. The zero-order chi connectivity index (χ0) is 20.8. The Hall–Kier alpha value is -3.52. The van der Waals surface area contributed by atoms with Crippen molar-refractivity contribution in [2.75, 3.05) is 11.9 Å². The van der Waals surface area contributed by atoms with Crippen molar-refractivity contribution in [1.29, 1.82) is 0 Å². The maximum absolute atomic E-state index is 13.1. The average molecular weight is 403 g/mol. The molecule has 1 aliphatic heterocycles. The van der Waals surface area contributed by atoms with Crippen molar-refractivity contribution in [2.45, 2.75) is 26.4 Å². The molecular formula is C22H21N5O3. The lowest BCUT2D eigenvalue weighted by atomic mass is 9.99. The van der Waals surface area contributed by atoms with Gasteiger partial charge in [-0.25, -0.2) is 0 Å². The molecule has 30 heavy (non-hydrogen) atoms. The van der Waals surface area contributed by atoms with Crippen LogP contribution in [0.5, 0.6) is 0 Å². The van der Waals surface area contributed by atoms with Gasteiger partial charge in [0.15, 0.2) is 0 Å². The Morgan fingerprint density at radius 3 is 2.77 bits per heavy atom. The molecule has 8 heteroatoms. The van der Waals surface area contributed by atoms with Crippen LogP contribution in [0.15, 0.2) is 45.8 Å². The first-order valence-electron chi connectivity index (χ1n) is 9.79. The van der Waals surface area contributed by atoms with Crippen LogP contribution in [0.25, 0.3) is 22.0 Å². The number of aryl methyl sites for hydroxylation is 3. The largest absolute Gasteiger partial charge is 0.368 e. The quantitative estimate of drug-likeness (QED) is 0.554. The van der Waals surface area contributed by atoms with Gasteiger partial charge in [-0.15, -0.1) is 0 Å². The molecule has 4 heterocycles. The molecular weight excluding hydrogens is 382 g/mol. The Bertz CT molecular complexity index is 1320. The van der Waals surface area contributed by atoms with E-state index < -0.39 is 0 Å². The molecule has 0 radical (unpaired) electrons. The Kier molecular flexibility index (Phi) is 4.36. The first kappa shape index (κ1) is 18.5. The number of benzene rings is 1. The van der Waals surface area contributed by atoms with Crippen molar-refractivity contribution >= 4 is 22.5 Å². The topological polar surface area (TPSA) is 95.1 Å². The highest BCUT2D eigenvalue weighted by molar-refractivity contribution is 5.85. The average Bonchev–Trinajstić information content (AvgIpc) is 3.13. The van der Waals surface area contributed by atoms with Gasteiger partial charge in [0, 0.05) is 42.0 Å². The van der Waals surface area contributed by atoms with Gasteiger partial charge in [-0.05, 0) is 54.4 Å². The van der Waals surface area contributed by atoms with Crippen molar-refractivity contribution in [3.8, 4) is 11.1 Å². The molecule has 0 amide bonds. The van der Waals surface area contributed by atoms with Gasteiger partial charge >= 0.3 is 0 Å². The third-order valence-electron chi connectivity index (χ3n) is 5.45. The second kappa shape index (κ2) is 7.07. The number of nitrogens with zero attached hydrogens (tertiary/aromatic N) is 4. The zero-order valence-electron chi connectivity index (χ0n) is 17.0. The van der Waals surface area contributed by atoms with Gasteiger partial charge in [-0.3, -0.25) is 9.78 Å². The van der Waals surface area contributed by atoms with E-state index in [2.05, 4.69) is 20.4 Å². The second-order valence-electron chi connectivity index (χ2n) is 7.57. The minimum absolute atomic E-state index is 0.0580. The van der Waals surface area contributed by atoms with Crippen molar-refractivity contribution in [1.82, 2.24) is 19.7 Å². The lowest BCUT2D eigenvalue weighted by Crippen LogP contribution is -2.19. The summed E-state index contributed by atoms with van der Waals surface area (Å²) in [5, 5.41) is 8.03. The third-order valence-corrected chi connectivity index (χ3v) is 5.45. The van der Waals surface area contributed by atoms with E-state index in [1.807, 2.05) is 44.2 Å². The van der Waals surface area contributed by atoms with E-state index in [9.17, 15) is 4.79 Å². The molecule has 3 aromatic heterocycles. The van der Waals surface area contributed by atoms with Gasteiger partial charge in [0.25, 0.3) is 17.4 Å². The van der Waals surface area contributed by atoms with Crippen LogP contribution in [0.1, 0.15) is 29.7 Å². The molecule has 1 aliphatic rings. The number of anilines is 2. The maximum Gasteiger partial charge on any atom is 0.267 e. The Morgan fingerprint density at radius 1 is 1.17 bits per heavy atom. The second-order valence-corrected chi connectivity index (χ2v) is 7.57. The summed E-state index contributed by atoms with van der Waals surface area (Å²) >= 11 is 0. The maximum atomic E-state index is 13.1. The molecule has 1 aromatic carbocycles. The van der Waals surface area contributed by atoms with Gasteiger partial charge in [-0.1, -0.05) is 6.07 Å². The van der Waals surface area contributed by atoms with Gasteiger partial charge in [0.1, 0.15) is 6.10 Å². The predicted molar refractivity (Wildman–Crippen MR) is 113 cm³/mol. The summed E-state index contributed by atoms with van der Waals surface area (Å²) in [5.74, 6) is 0.837. The number of rotatable bonds is 4. The summed E-state index contributed by atoms with van der Waals surface area (Å²) in [6.07, 6.45) is 2.57. The van der Waals surface area contributed by atoms with E-state index in [1.165, 1.54) is 0 Å². The predicted octanol–water partition coefficient (Wildman–Crippen LogP) is 3.81. The molecule has 1 unspecified atom stereocenters. The Morgan fingerprint density at radius 2 is 2.00 bits per heavy atom. The minimum atomic E-state index is -0.112. The first-order valence-corrected chi connectivity index (χ1v) is 9.79. The van der Waals surface area contributed by atoms with E-state index in [1.54, 1.807) is 17.8 Å². The van der Waals surface area contributed by atoms with E-state index in [4.69, 9.17) is 9.26 Å². The number of hydrogen-bond acceptors (Lipinski definition) is 7. The van der Waals surface area contributed by atoms with E-state index in [0.29, 0.717) is 24.0 Å². The molecule has 0 spiro atoms. The number of ether oxygens (including phenoxy) is 1. The lowest BCUT2D eigenvalue weighted by Gasteiger charge is -2.21. The first-order chi connectivity index (χ1) is 14.5. The summed E-state index contributed by atoms with van der Waals surface area (Å²) in [4.78, 5) is 21.8. The summed E-state index contributed by atoms with van der Waals surface area (Å²) in [7, 11) is 1.79. The molecule has 152 valence electrons.